The molecule has 23 heavy (non-hydrogen) atoms. The molecule has 1 aliphatic heterocycles. The van der Waals surface area contributed by atoms with Crippen LogP contribution in [0.5, 0.6) is 0 Å². The number of halogens is 1. The maximum atomic E-state index is 13.9. The van der Waals surface area contributed by atoms with Crippen LogP contribution >= 0.6 is 0 Å². The van der Waals surface area contributed by atoms with Crippen LogP contribution in [0.3, 0.4) is 0 Å². The molecule has 1 fully saturated rings. The highest BCUT2D eigenvalue weighted by atomic mass is 19.1. The molecular weight excluding hydrogens is 290 g/mol. The van der Waals surface area contributed by atoms with Gasteiger partial charge < -0.3 is 9.31 Å². The standard InChI is InChI=1S/C19H22BFO2/c1-13-6-8-14(9-7-13)16-11-10-15(21)12-17(16)20-22-18(2,3)19(4,5)23-20/h6-12H,1-5H3. The monoisotopic (exact) mass is 312 g/mol. The van der Waals surface area contributed by atoms with E-state index in [1.54, 1.807) is 6.07 Å². The van der Waals surface area contributed by atoms with E-state index in [1.165, 1.54) is 17.7 Å². The van der Waals surface area contributed by atoms with Crippen LogP contribution in [0.2, 0.25) is 0 Å². The van der Waals surface area contributed by atoms with Gasteiger partial charge >= 0.3 is 7.12 Å². The third kappa shape index (κ3) is 2.93. The van der Waals surface area contributed by atoms with Crippen molar-refractivity contribution in [2.75, 3.05) is 0 Å². The molecule has 0 spiro atoms. The third-order valence-electron chi connectivity index (χ3n) is 4.88. The maximum absolute atomic E-state index is 13.9. The first-order chi connectivity index (χ1) is 10.7. The average molecular weight is 312 g/mol. The van der Waals surface area contributed by atoms with Crippen molar-refractivity contribution in [3.05, 3.63) is 53.8 Å². The lowest BCUT2D eigenvalue weighted by molar-refractivity contribution is 0.00578. The van der Waals surface area contributed by atoms with Crippen molar-refractivity contribution < 1.29 is 13.7 Å². The van der Waals surface area contributed by atoms with Crippen molar-refractivity contribution in [2.45, 2.75) is 45.8 Å². The fourth-order valence-electron chi connectivity index (χ4n) is 2.69. The third-order valence-corrected chi connectivity index (χ3v) is 4.88. The zero-order valence-corrected chi connectivity index (χ0v) is 14.3. The smallest absolute Gasteiger partial charge is 0.399 e. The summed E-state index contributed by atoms with van der Waals surface area (Å²) in [4.78, 5) is 0. The molecule has 120 valence electrons. The van der Waals surface area contributed by atoms with E-state index in [0.717, 1.165) is 16.6 Å². The van der Waals surface area contributed by atoms with Gasteiger partial charge in [0.1, 0.15) is 5.82 Å². The Labute approximate surface area is 137 Å². The van der Waals surface area contributed by atoms with Gasteiger partial charge in [-0.1, -0.05) is 35.9 Å². The number of hydrogen-bond donors (Lipinski definition) is 0. The van der Waals surface area contributed by atoms with E-state index in [2.05, 4.69) is 0 Å². The molecule has 0 radical (unpaired) electrons. The minimum absolute atomic E-state index is 0.287. The van der Waals surface area contributed by atoms with E-state index in [9.17, 15) is 4.39 Å². The summed E-state index contributed by atoms with van der Waals surface area (Å²) in [6.07, 6.45) is 0. The molecule has 2 aromatic carbocycles. The molecule has 0 saturated carbocycles. The second-order valence-corrected chi connectivity index (χ2v) is 7.19. The molecule has 2 nitrogen and oxygen atoms in total. The van der Waals surface area contributed by atoms with Crippen LogP contribution in [0.4, 0.5) is 4.39 Å². The van der Waals surface area contributed by atoms with Gasteiger partial charge in [0.25, 0.3) is 0 Å². The zero-order valence-electron chi connectivity index (χ0n) is 14.3. The average Bonchev–Trinajstić information content (AvgIpc) is 2.68. The van der Waals surface area contributed by atoms with Gasteiger partial charge in [0.2, 0.25) is 0 Å². The Morgan fingerprint density at radius 1 is 0.870 bits per heavy atom. The van der Waals surface area contributed by atoms with Crippen molar-refractivity contribution in [3.8, 4) is 11.1 Å². The molecule has 0 atom stereocenters. The van der Waals surface area contributed by atoms with E-state index in [0.29, 0.717) is 0 Å². The lowest BCUT2D eigenvalue weighted by Crippen LogP contribution is -2.41. The molecular formula is C19H22BFO2. The topological polar surface area (TPSA) is 18.5 Å². The number of aryl methyl sites for hydroxylation is 1. The van der Waals surface area contributed by atoms with Crippen molar-refractivity contribution in [1.82, 2.24) is 0 Å². The van der Waals surface area contributed by atoms with Gasteiger partial charge in [-0.3, -0.25) is 0 Å². The molecule has 0 N–H and O–H groups in total. The van der Waals surface area contributed by atoms with E-state index >= 15 is 0 Å². The van der Waals surface area contributed by atoms with Crippen molar-refractivity contribution in [2.24, 2.45) is 0 Å². The summed E-state index contributed by atoms with van der Waals surface area (Å²) in [6, 6.07) is 13.0. The summed E-state index contributed by atoms with van der Waals surface area (Å²) in [6.45, 7) is 10.0. The second kappa shape index (κ2) is 5.46. The van der Waals surface area contributed by atoms with Crippen LogP contribution in [0.25, 0.3) is 11.1 Å². The largest absolute Gasteiger partial charge is 0.495 e. The summed E-state index contributed by atoms with van der Waals surface area (Å²) in [5, 5.41) is 0. The van der Waals surface area contributed by atoms with E-state index in [-0.39, 0.29) is 5.82 Å². The summed E-state index contributed by atoms with van der Waals surface area (Å²) in [5.41, 5.74) is 2.98. The van der Waals surface area contributed by atoms with Gasteiger partial charge in [-0.25, -0.2) is 4.39 Å². The molecule has 1 heterocycles. The SMILES string of the molecule is Cc1ccc(-c2ccc(F)cc2B2OC(C)(C)C(C)(C)O2)cc1. The van der Waals surface area contributed by atoms with Gasteiger partial charge in [-0.05, 0) is 63.3 Å². The predicted octanol–water partition coefficient (Wildman–Crippen LogP) is 4.10. The summed E-state index contributed by atoms with van der Waals surface area (Å²) >= 11 is 0. The first kappa shape index (κ1) is 16.2. The molecule has 0 bridgehead atoms. The first-order valence-electron chi connectivity index (χ1n) is 7.92. The Morgan fingerprint density at radius 2 is 1.43 bits per heavy atom. The minimum Gasteiger partial charge on any atom is -0.399 e. The van der Waals surface area contributed by atoms with Crippen molar-refractivity contribution in [3.63, 3.8) is 0 Å². The van der Waals surface area contributed by atoms with Crippen LogP contribution in [-0.4, -0.2) is 18.3 Å². The number of benzene rings is 2. The quantitative estimate of drug-likeness (QED) is 0.777. The molecule has 1 saturated heterocycles. The Kier molecular flexibility index (Phi) is 3.85. The molecule has 0 aromatic heterocycles. The summed E-state index contributed by atoms with van der Waals surface area (Å²) in [5.74, 6) is -0.287. The minimum atomic E-state index is -0.577. The number of rotatable bonds is 2. The van der Waals surface area contributed by atoms with Crippen LogP contribution < -0.4 is 5.46 Å². The highest BCUT2D eigenvalue weighted by Gasteiger charge is 2.52. The van der Waals surface area contributed by atoms with Gasteiger partial charge in [-0.2, -0.15) is 0 Å². The molecule has 3 rings (SSSR count). The normalized spacial score (nSPS) is 19.1. The van der Waals surface area contributed by atoms with Crippen molar-refractivity contribution in [1.29, 1.82) is 0 Å². The fourth-order valence-corrected chi connectivity index (χ4v) is 2.69. The van der Waals surface area contributed by atoms with E-state index in [1.807, 2.05) is 58.9 Å². The molecule has 2 aromatic rings. The Morgan fingerprint density at radius 3 is 2.00 bits per heavy atom. The Hall–Kier alpha value is -1.65. The van der Waals surface area contributed by atoms with Gasteiger partial charge in [0.15, 0.2) is 0 Å². The highest BCUT2D eigenvalue weighted by Crippen LogP contribution is 2.37. The Balaban J connectivity index is 2.06. The maximum Gasteiger partial charge on any atom is 0.495 e. The zero-order chi connectivity index (χ0) is 16.8. The Bertz CT molecular complexity index is 707. The predicted molar refractivity (Wildman–Crippen MR) is 92.3 cm³/mol. The lowest BCUT2D eigenvalue weighted by atomic mass is 9.74. The molecule has 0 unspecified atom stereocenters. The highest BCUT2D eigenvalue weighted by molar-refractivity contribution is 6.63. The summed E-state index contributed by atoms with van der Waals surface area (Å²) < 4.78 is 26.1. The number of hydrogen-bond acceptors (Lipinski definition) is 2. The van der Waals surface area contributed by atoms with Crippen LogP contribution in [0, 0.1) is 12.7 Å². The van der Waals surface area contributed by atoms with E-state index in [4.69, 9.17) is 9.31 Å². The van der Waals surface area contributed by atoms with E-state index < -0.39 is 18.3 Å². The van der Waals surface area contributed by atoms with Gasteiger partial charge in [-0.15, -0.1) is 0 Å². The van der Waals surface area contributed by atoms with Crippen LogP contribution in [-0.2, 0) is 9.31 Å². The molecule has 4 heteroatoms. The lowest BCUT2D eigenvalue weighted by Gasteiger charge is -2.32. The molecule has 0 aliphatic carbocycles. The summed E-state index contributed by atoms with van der Waals surface area (Å²) in [7, 11) is -0.577. The second-order valence-electron chi connectivity index (χ2n) is 7.19. The first-order valence-corrected chi connectivity index (χ1v) is 7.92. The van der Waals surface area contributed by atoms with Gasteiger partial charge in [0, 0.05) is 0 Å². The van der Waals surface area contributed by atoms with Crippen molar-refractivity contribution >= 4 is 12.6 Å². The fraction of sp³-hybridized carbons (Fsp3) is 0.368. The molecule has 1 aliphatic rings. The van der Waals surface area contributed by atoms with Crippen LogP contribution in [0.15, 0.2) is 42.5 Å². The molecule has 0 amide bonds. The van der Waals surface area contributed by atoms with Gasteiger partial charge in [0.05, 0.1) is 11.2 Å². The van der Waals surface area contributed by atoms with Crippen LogP contribution in [0.1, 0.15) is 33.3 Å².